The minimum atomic E-state index is -0.914. The number of H-pyrrole nitrogens is 1. The normalized spacial score (nSPS) is 12.1. The van der Waals surface area contributed by atoms with Gasteiger partial charge >= 0.3 is 5.97 Å². The summed E-state index contributed by atoms with van der Waals surface area (Å²) in [5, 5.41) is 1.72. The lowest BCUT2D eigenvalue weighted by Crippen LogP contribution is -2.86. The van der Waals surface area contributed by atoms with Gasteiger partial charge in [-0.2, -0.15) is 0 Å². The summed E-state index contributed by atoms with van der Waals surface area (Å²) in [5.74, 6) is -2.50. The molecule has 0 fully saturated rings. The Morgan fingerprint density at radius 3 is 2.52 bits per heavy atom. The molecule has 2 rings (SSSR count). The standard InChI is InChI=1S/C18H20F2N2O3/c1-9-16(18(24)25-4)11(3)22-17(9)15(23)8-21-10(2)12-5-6-13(19)14(20)7-12/h5-7,10,21-22H,8H2,1-4H3/p+1/t10-/m0/s1. The Hall–Kier alpha value is -2.54. The van der Waals surface area contributed by atoms with Crippen LogP contribution in [-0.2, 0) is 4.74 Å². The lowest BCUT2D eigenvalue weighted by Gasteiger charge is -2.11. The van der Waals surface area contributed by atoms with Crippen LogP contribution < -0.4 is 5.32 Å². The van der Waals surface area contributed by atoms with Crippen LogP contribution in [0.15, 0.2) is 18.2 Å². The molecule has 0 bridgehead atoms. The van der Waals surface area contributed by atoms with Gasteiger partial charge in [-0.25, -0.2) is 13.6 Å². The first-order valence-electron chi connectivity index (χ1n) is 7.85. The number of nitrogens with two attached hydrogens (primary N) is 1. The van der Waals surface area contributed by atoms with E-state index in [-0.39, 0.29) is 18.4 Å². The maximum absolute atomic E-state index is 13.3. The number of ether oxygens (including phenoxy) is 1. The average Bonchev–Trinajstić information content (AvgIpc) is 2.88. The molecule has 0 saturated carbocycles. The number of benzene rings is 1. The SMILES string of the molecule is COC(=O)c1c(C)[nH]c(C(=O)C[NH2+][C@@H](C)c2ccc(F)c(F)c2)c1C. The predicted molar refractivity (Wildman–Crippen MR) is 87.5 cm³/mol. The molecule has 0 radical (unpaired) electrons. The number of aromatic amines is 1. The molecule has 0 amide bonds. The Morgan fingerprint density at radius 1 is 1.24 bits per heavy atom. The van der Waals surface area contributed by atoms with Crippen molar-refractivity contribution in [1.82, 2.24) is 4.98 Å². The predicted octanol–water partition coefficient (Wildman–Crippen LogP) is 2.20. The zero-order valence-electron chi connectivity index (χ0n) is 14.6. The molecule has 0 saturated heterocycles. The highest BCUT2D eigenvalue weighted by molar-refractivity contribution is 6.01. The number of methoxy groups -OCH3 is 1. The number of esters is 1. The molecule has 1 heterocycles. The largest absolute Gasteiger partial charge is 0.465 e. The van der Waals surface area contributed by atoms with E-state index < -0.39 is 17.6 Å². The maximum Gasteiger partial charge on any atom is 0.339 e. The van der Waals surface area contributed by atoms with Crippen molar-refractivity contribution < 1.29 is 28.4 Å². The summed E-state index contributed by atoms with van der Waals surface area (Å²) in [5.41, 5.74) is 2.41. The number of halogens is 2. The van der Waals surface area contributed by atoms with E-state index in [2.05, 4.69) is 4.98 Å². The molecule has 25 heavy (non-hydrogen) atoms. The second-order valence-electron chi connectivity index (χ2n) is 5.94. The zero-order valence-corrected chi connectivity index (χ0v) is 14.6. The summed E-state index contributed by atoms with van der Waals surface area (Å²) in [7, 11) is 1.28. The van der Waals surface area contributed by atoms with Crippen LogP contribution in [0.1, 0.15) is 50.6 Å². The first-order valence-corrected chi connectivity index (χ1v) is 7.85. The lowest BCUT2D eigenvalue weighted by molar-refractivity contribution is -0.681. The van der Waals surface area contributed by atoms with Crippen molar-refractivity contribution in [1.29, 1.82) is 0 Å². The van der Waals surface area contributed by atoms with Gasteiger partial charge in [0.05, 0.1) is 18.4 Å². The van der Waals surface area contributed by atoms with E-state index in [1.54, 1.807) is 26.1 Å². The number of carbonyl (C=O) groups is 2. The monoisotopic (exact) mass is 351 g/mol. The number of ketones is 1. The van der Waals surface area contributed by atoms with E-state index in [1.807, 2.05) is 0 Å². The molecule has 5 nitrogen and oxygen atoms in total. The second-order valence-corrected chi connectivity index (χ2v) is 5.94. The molecular formula is C18H21F2N2O3+. The molecule has 0 aliphatic heterocycles. The number of rotatable bonds is 6. The van der Waals surface area contributed by atoms with E-state index in [0.29, 0.717) is 28.1 Å². The third kappa shape index (κ3) is 3.93. The van der Waals surface area contributed by atoms with Crippen LogP contribution in [0.5, 0.6) is 0 Å². The summed E-state index contributed by atoms with van der Waals surface area (Å²) >= 11 is 0. The Labute approximate surface area is 144 Å². The van der Waals surface area contributed by atoms with Crippen molar-refractivity contribution >= 4 is 11.8 Å². The number of hydrogen-bond acceptors (Lipinski definition) is 3. The molecule has 1 aromatic heterocycles. The Kier molecular flexibility index (Phi) is 5.69. The van der Waals surface area contributed by atoms with Crippen LogP contribution in [0.3, 0.4) is 0 Å². The molecule has 3 N–H and O–H groups in total. The first-order chi connectivity index (χ1) is 11.8. The fourth-order valence-corrected chi connectivity index (χ4v) is 2.75. The fourth-order valence-electron chi connectivity index (χ4n) is 2.75. The van der Waals surface area contributed by atoms with Crippen molar-refractivity contribution in [3.8, 4) is 0 Å². The topological polar surface area (TPSA) is 75.8 Å². The average molecular weight is 351 g/mol. The van der Waals surface area contributed by atoms with Gasteiger partial charge in [0, 0.05) is 11.3 Å². The highest BCUT2D eigenvalue weighted by Gasteiger charge is 2.23. The summed E-state index contributed by atoms with van der Waals surface area (Å²) < 4.78 is 31.0. The molecule has 1 atom stereocenters. The van der Waals surface area contributed by atoms with Gasteiger partial charge in [0.1, 0.15) is 12.6 Å². The van der Waals surface area contributed by atoms with Gasteiger partial charge in [0.15, 0.2) is 11.6 Å². The third-order valence-corrected chi connectivity index (χ3v) is 4.23. The van der Waals surface area contributed by atoms with Crippen LogP contribution >= 0.6 is 0 Å². The minimum absolute atomic E-state index is 0.0988. The summed E-state index contributed by atoms with van der Waals surface area (Å²) in [4.78, 5) is 27.2. The van der Waals surface area contributed by atoms with Crippen molar-refractivity contribution in [3.05, 3.63) is 57.9 Å². The van der Waals surface area contributed by atoms with Gasteiger partial charge in [0.2, 0.25) is 5.78 Å². The summed E-state index contributed by atoms with van der Waals surface area (Å²) in [6.45, 7) is 5.28. The van der Waals surface area contributed by atoms with Crippen LogP contribution in [0.2, 0.25) is 0 Å². The highest BCUT2D eigenvalue weighted by Crippen LogP contribution is 2.19. The van der Waals surface area contributed by atoms with Crippen molar-refractivity contribution in [2.75, 3.05) is 13.7 Å². The Bertz CT molecular complexity index is 815. The molecule has 0 spiro atoms. The number of nitrogens with one attached hydrogen (secondary N) is 1. The molecular weight excluding hydrogens is 330 g/mol. The molecule has 0 aliphatic rings. The molecule has 0 unspecified atom stereocenters. The number of aromatic nitrogens is 1. The van der Waals surface area contributed by atoms with Gasteiger partial charge < -0.3 is 15.0 Å². The molecule has 1 aromatic carbocycles. The van der Waals surface area contributed by atoms with E-state index >= 15 is 0 Å². The number of carbonyl (C=O) groups excluding carboxylic acids is 2. The van der Waals surface area contributed by atoms with Crippen LogP contribution in [-0.4, -0.2) is 30.4 Å². The third-order valence-electron chi connectivity index (χ3n) is 4.23. The van der Waals surface area contributed by atoms with E-state index in [0.717, 1.165) is 12.1 Å². The molecule has 7 heteroatoms. The number of Topliss-reactive ketones (excluding diaryl/α,β-unsaturated/α-hetero) is 1. The van der Waals surface area contributed by atoms with Crippen molar-refractivity contribution in [3.63, 3.8) is 0 Å². The van der Waals surface area contributed by atoms with Gasteiger partial charge in [-0.15, -0.1) is 0 Å². The Balaban J connectivity index is 2.10. The van der Waals surface area contributed by atoms with Gasteiger partial charge in [-0.1, -0.05) is 0 Å². The minimum Gasteiger partial charge on any atom is -0.465 e. The number of quaternary nitrogens is 1. The summed E-state index contributed by atoms with van der Waals surface area (Å²) in [6.07, 6.45) is 0. The van der Waals surface area contributed by atoms with Gasteiger partial charge in [-0.05, 0) is 44.5 Å². The van der Waals surface area contributed by atoms with Crippen LogP contribution in [0, 0.1) is 25.5 Å². The van der Waals surface area contributed by atoms with Crippen molar-refractivity contribution in [2.24, 2.45) is 0 Å². The van der Waals surface area contributed by atoms with E-state index in [4.69, 9.17) is 4.74 Å². The van der Waals surface area contributed by atoms with Crippen molar-refractivity contribution in [2.45, 2.75) is 26.8 Å². The van der Waals surface area contributed by atoms with Crippen LogP contribution in [0.4, 0.5) is 8.78 Å². The fraction of sp³-hybridized carbons (Fsp3) is 0.333. The van der Waals surface area contributed by atoms with E-state index in [9.17, 15) is 18.4 Å². The number of aryl methyl sites for hydroxylation is 1. The quantitative estimate of drug-likeness (QED) is 0.619. The summed E-state index contributed by atoms with van der Waals surface area (Å²) in [6, 6.07) is 3.46. The molecule has 2 aromatic rings. The smallest absolute Gasteiger partial charge is 0.339 e. The highest BCUT2D eigenvalue weighted by atomic mass is 19.2. The Morgan fingerprint density at radius 2 is 1.92 bits per heavy atom. The molecule has 0 aliphatic carbocycles. The van der Waals surface area contributed by atoms with E-state index in [1.165, 1.54) is 13.2 Å². The zero-order chi connectivity index (χ0) is 18.7. The maximum atomic E-state index is 13.3. The molecule has 134 valence electrons. The first kappa shape index (κ1) is 18.8. The lowest BCUT2D eigenvalue weighted by atomic mass is 10.1. The van der Waals surface area contributed by atoms with Gasteiger partial charge in [-0.3, -0.25) is 4.79 Å². The van der Waals surface area contributed by atoms with Gasteiger partial charge in [0.25, 0.3) is 0 Å². The number of hydrogen-bond donors (Lipinski definition) is 2. The van der Waals surface area contributed by atoms with Crippen LogP contribution in [0.25, 0.3) is 0 Å². The second kappa shape index (κ2) is 7.57.